The van der Waals surface area contributed by atoms with E-state index in [2.05, 4.69) is 34.5 Å². The minimum absolute atomic E-state index is 0.0400. The van der Waals surface area contributed by atoms with Gasteiger partial charge in [-0.3, -0.25) is 9.69 Å². The van der Waals surface area contributed by atoms with Crippen molar-refractivity contribution in [2.75, 3.05) is 27.9 Å². The number of nitrogens with one attached hydrogen (secondary N) is 1. The molecule has 6 heteroatoms. The van der Waals surface area contributed by atoms with Gasteiger partial charge in [0.2, 0.25) is 5.91 Å². The van der Waals surface area contributed by atoms with Crippen LogP contribution in [0.3, 0.4) is 0 Å². The number of fused-ring (bicyclic) bond motifs is 4. The number of rotatable bonds is 5. The molecule has 0 saturated carbocycles. The Balaban J connectivity index is 1.70. The predicted molar refractivity (Wildman–Crippen MR) is 111 cm³/mol. The zero-order valence-electron chi connectivity index (χ0n) is 17.5. The Kier molecular flexibility index (Phi) is 5.37. The van der Waals surface area contributed by atoms with Gasteiger partial charge in [0.1, 0.15) is 5.75 Å². The summed E-state index contributed by atoms with van der Waals surface area (Å²) in [6, 6.07) is 8.83. The lowest BCUT2D eigenvalue weighted by molar-refractivity contribution is -0.119. The van der Waals surface area contributed by atoms with E-state index < -0.39 is 0 Å². The fourth-order valence-electron chi connectivity index (χ4n) is 4.61. The van der Waals surface area contributed by atoms with Crippen molar-refractivity contribution >= 4 is 5.91 Å². The number of methoxy groups -OCH3 is 3. The van der Waals surface area contributed by atoms with Gasteiger partial charge < -0.3 is 19.5 Å². The summed E-state index contributed by atoms with van der Waals surface area (Å²) in [7, 11) is 5.07. The van der Waals surface area contributed by atoms with Gasteiger partial charge in [-0.1, -0.05) is 12.1 Å². The van der Waals surface area contributed by atoms with E-state index in [1.807, 2.05) is 0 Å². The third kappa shape index (κ3) is 3.53. The van der Waals surface area contributed by atoms with Gasteiger partial charge in [0.25, 0.3) is 0 Å². The number of ether oxygens (including phenoxy) is 3. The molecule has 0 unspecified atom stereocenters. The Bertz CT molecular complexity index is 941. The maximum atomic E-state index is 11.3. The summed E-state index contributed by atoms with van der Waals surface area (Å²) in [4.78, 5) is 13.8. The fourth-order valence-corrected chi connectivity index (χ4v) is 4.61. The van der Waals surface area contributed by atoms with Crippen molar-refractivity contribution < 1.29 is 19.0 Å². The summed E-state index contributed by atoms with van der Waals surface area (Å²) < 4.78 is 16.8. The average Bonchev–Trinajstić information content (AvgIpc) is 2.74. The zero-order chi connectivity index (χ0) is 20.5. The molecule has 154 valence electrons. The van der Waals surface area contributed by atoms with Crippen LogP contribution in [0.4, 0.5) is 0 Å². The topological polar surface area (TPSA) is 60.0 Å². The van der Waals surface area contributed by atoms with Gasteiger partial charge >= 0.3 is 0 Å². The SMILES string of the molecule is COc1cc2c(cc1OC)[C@@H]1Cc3ccc(CNC(C)=O)c(OC)c3CN1CC2. The molecule has 0 fully saturated rings. The predicted octanol–water partition coefficient (Wildman–Crippen LogP) is 3.00. The fraction of sp³-hybridized carbons (Fsp3) is 0.435. The quantitative estimate of drug-likeness (QED) is 0.842. The number of carbonyl (C=O) groups is 1. The Morgan fingerprint density at radius 2 is 1.86 bits per heavy atom. The molecule has 6 nitrogen and oxygen atoms in total. The van der Waals surface area contributed by atoms with E-state index in [1.165, 1.54) is 29.2 Å². The van der Waals surface area contributed by atoms with E-state index in [-0.39, 0.29) is 5.91 Å². The molecule has 0 spiro atoms. The molecule has 0 radical (unpaired) electrons. The van der Waals surface area contributed by atoms with Crippen LogP contribution >= 0.6 is 0 Å². The van der Waals surface area contributed by atoms with Crippen LogP contribution < -0.4 is 19.5 Å². The third-order valence-corrected chi connectivity index (χ3v) is 6.06. The number of carbonyl (C=O) groups excluding carboxylic acids is 1. The lowest BCUT2D eigenvalue weighted by atomic mass is 9.83. The number of nitrogens with zero attached hydrogens (tertiary/aromatic N) is 1. The van der Waals surface area contributed by atoms with Gasteiger partial charge in [0.15, 0.2) is 11.5 Å². The summed E-state index contributed by atoms with van der Waals surface area (Å²) in [6.45, 7) is 3.84. The monoisotopic (exact) mass is 396 g/mol. The van der Waals surface area contributed by atoms with Crippen molar-refractivity contribution in [2.24, 2.45) is 0 Å². The minimum Gasteiger partial charge on any atom is -0.496 e. The Morgan fingerprint density at radius 1 is 1.10 bits per heavy atom. The average molecular weight is 396 g/mol. The van der Waals surface area contributed by atoms with Crippen LogP contribution in [-0.2, 0) is 30.7 Å². The maximum Gasteiger partial charge on any atom is 0.217 e. The second kappa shape index (κ2) is 7.95. The highest BCUT2D eigenvalue weighted by atomic mass is 16.5. The summed E-state index contributed by atoms with van der Waals surface area (Å²) >= 11 is 0. The molecule has 2 aliphatic rings. The van der Waals surface area contributed by atoms with Crippen LogP contribution in [0.25, 0.3) is 0 Å². The lowest BCUT2D eigenvalue weighted by Gasteiger charge is -2.42. The van der Waals surface area contributed by atoms with Crippen molar-refractivity contribution in [3.8, 4) is 17.2 Å². The summed E-state index contributed by atoms with van der Waals surface area (Å²) in [6.07, 6.45) is 1.91. The number of amides is 1. The minimum atomic E-state index is -0.0400. The molecule has 2 aromatic rings. The first kappa shape index (κ1) is 19.6. The molecule has 2 aromatic carbocycles. The van der Waals surface area contributed by atoms with Crippen LogP contribution in [0.15, 0.2) is 24.3 Å². The Labute approximate surface area is 171 Å². The van der Waals surface area contributed by atoms with E-state index in [4.69, 9.17) is 14.2 Å². The van der Waals surface area contributed by atoms with Crippen molar-refractivity contribution in [3.63, 3.8) is 0 Å². The first-order valence-corrected chi connectivity index (χ1v) is 9.96. The molecule has 1 amide bonds. The molecule has 4 rings (SSSR count). The van der Waals surface area contributed by atoms with Crippen LogP contribution in [-0.4, -0.2) is 38.7 Å². The van der Waals surface area contributed by atoms with Crippen LogP contribution in [0, 0.1) is 0 Å². The molecule has 0 aliphatic carbocycles. The molecule has 2 aliphatic heterocycles. The highest BCUT2D eigenvalue weighted by Crippen LogP contribution is 2.44. The molecule has 0 bridgehead atoms. The number of hydrogen-bond acceptors (Lipinski definition) is 5. The summed E-state index contributed by atoms with van der Waals surface area (Å²) in [5, 5.41) is 2.88. The normalized spacial score (nSPS) is 17.6. The summed E-state index contributed by atoms with van der Waals surface area (Å²) in [5.41, 5.74) is 6.21. The largest absolute Gasteiger partial charge is 0.496 e. The van der Waals surface area contributed by atoms with E-state index in [0.29, 0.717) is 12.6 Å². The molecule has 29 heavy (non-hydrogen) atoms. The molecule has 0 aromatic heterocycles. The Hall–Kier alpha value is -2.73. The second-order valence-corrected chi connectivity index (χ2v) is 7.65. The lowest BCUT2D eigenvalue weighted by Crippen LogP contribution is -2.39. The van der Waals surface area contributed by atoms with Crippen LogP contribution in [0.5, 0.6) is 17.2 Å². The standard InChI is InChI=1S/C23H28N2O4/c1-14(26)24-12-17-6-5-15-9-20-18-11-22(28-3)21(27-2)10-16(18)7-8-25(20)13-19(15)23(17)29-4/h5-6,10-11,20H,7-9,12-13H2,1-4H3,(H,24,26)/t20-/m0/s1. The van der Waals surface area contributed by atoms with E-state index in [1.54, 1.807) is 21.3 Å². The first-order valence-electron chi connectivity index (χ1n) is 9.96. The molecule has 2 heterocycles. The number of hydrogen-bond donors (Lipinski definition) is 1. The highest BCUT2D eigenvalue weighted by molar-refractivity contribution is 5.73. The van der Waals surface area contributed by atoms with Crippen molar-refractivity contribution in [1.29, 1.82) is 0 Å². The molecule has 1 N–H and O–H groups in total. The third-order valence-electron chi connectivity index (χ3n) is 6.06. The van der Waals surface area contributed by atoms with Gasteiger partial charge in [-0.2, -0.15) is 0 Å². The van der Waals surface area contributed by atoms with Crippen molar-refractivity contribution in [1.82, 2.24) is 10.2 Å². The van der Waals surface area contributed by atoms with Crippen LogP contribution in [0.1, 0.15) is 40.8 Å². The van der Waals surface area contributed by atoms with Gasteiger partial charge in [0.05, 0.1) is 21.3 Å². The molecular formula is C23H28N2O4. The zero-order valence-corrected chi connectivity index (χ0v) is 17.5. The van der Waals surface area contributed by atoms with Crippen molar-refractivity contribution in [2.45, 2.75) is 38.9 Å². The highest BCUT2D eigenvalue weighted by Gasteiger charge is 2.34. The second-order valence-electron chi connectivity index (χ2n) is 7.65. The molecule has 0 saturated heterocycles. The van der Waals surface area contributed by atoms with E-state index in [0.717, 1.165) is 48.7 Å². The Morgan fingerprint density at radius 3 is 2.55 bits per heavy atom. The van der Waals surface area contributed by atoms with Crippen LogP contribution in [0.2, 0.25) is 0 Å². The van der Waals surface area contributed by atoms with Gasteiger partial charge in [-0.05, 0) is 41.7 Å². The first-order chi connectivity index (χ1) is 14.0. The maximum absolute atomic E-state index is 11.3. The van der Waals surface area contributed by atoms with Gasteiger partial charge in [0, 0.05) is 43.7 Å². The van der Waals surface area contributed by atoms with Gasteiger partial charge in [-0.15, -0.1) is 0 Å². The van der Waals surface area contributed by atoms with Crippen molar-refractivity contribution in [3.05, 3.63) is 52.1 Å². The van der Waals surface area contributed by atoms with E-state index in [9.17, 15) is 4.79 Å². The smallest absolute Gasteiger partial charge is 0.217 e. The molecule has 1 atom stereocenters. The summed E-state index contributed by atoms with van der Waals surface area (Å²) in [5.74, 6) is 2.43. The van der Waals surface area contributed by atoms with E-state index >= 15 is 0 Å². The number of benzene rings is 2. The van der Waals surface area contributed by atoms with Gasteiger partial charge in [-0.25, -0.2) is 0 Å². The molecular weight excluding hydrogens is 368 g/mol.